The highest BCUT2D eigenvalue weighted by atomic mass is 32.2. The third kappa shape index (κ3) is 6.84. The maximum Gasteiger partial charge on any atom is 0.270 e. The zero-order valence-corrected chi connectivity index (χ0v) is 21.4. The number of hydrogen-bond acceptors (Lipinski definition) is 7. The summed E-state index contributed by atoms with van der Waals surface area (Å²) in [5, 5.41) is 27.0. The Balaban J connectivity index is 1.55. The SMILES string of the molecule is Cc1cc([N+](=O)[O-])ccc1NC(=O)C(Sc1cccc(NC(=O)c2cccc([N+](=O)[O-])c2)c1)c1ccccc1. The van der Waals surface area contributed by atoms with E-state index < -0.39 is 21.0 Å². The minimum Gasteiger partial charge on any atom is -0.325 e. The fourth-order valence-electron chi connectivity index (χ4n) is 3.75. The van der Waals surface area contributed by atoms with E-state index in [9.17, 15) is 29.8 Å². The zero-order chi connectivity index (χ0) is 27.9. The Morgan fingerprint density at radius 1 is 0.769 bits per heavy atom. The van der Waals surface area contributed by atoms with Gasteiger partial charge in [-0.15, -0.1) is 11.8 Å². The second-order valence-electron chi connectivity index (χ2n) is 8.44. The Morgan fingerprint density at radius 3 is 2.15 bits per heavy atom. The van der Waals surface area contributed by atoms with E-state index in [2.05, 4.69) is 10.6 Å². The number of hydrogen-bond donors (Lipinski definition) is 2. The Morgan fingerprint density at radius 2 is 1.46 bits per heavy atom. The van der Waals surface area contributed by atoms with Gasteiger partial charge in [-0.1, -0.05) is 42.5 Å². The maximum atomic E-state index is 13.4. The van der Waals surface area contributed by atoms with Crippen molar-refractivity contribution in [3.8, 4) is 0 Å². The molecule has 0 saturated carbocycles. The maximum absolute atomic E-state index is 13.4. The highest BCUT2D eigenvalue weighted by Gasteiger charge is 2.23. The molecule has 4 aromatic carbocycles. The number of non-ortho nitro benzene ring substituents is 2. The summed E-state index contributed by atoms with van der Waals surface area (Å²) >= 11 is 1.27. The molecule has 0 aromatic heterocycles. The van der Waals surface area contributed by atoms with Gasteiger partial charge in [-0.05, 0) is 48.4 Å². The summed E-state index contributed by atoms with van der Waals surface area (Å²) in [7, 11) is 0. The number of carbonyl (C=O) groups is 2. The molecule has 39 heavy (non-hydrogen) atoms. The standard InChI is InChI=1S/C28H22N4O6S/c1-18-15-23(32(37)38)13-14-25(18)30-28(34)26(19-7-3-2-4-8-19)39-24-12-6-10-21(17-24)29-27(33)20-9-5-11-22(16-20)31(35)36/h2-17,26H,1H3,(H,29,33)(H,30,34). The molecular weight excluding hydrogens is 520 g/mol. The number of carbonyl (C=O) groups excluding carboxylic acids is 2. The molecule has 10 nitrogen and oxygen atoms in total. The van der Waals surface area contributed by atoms with Gasteiger partial charge in [0.15, 0.2) is 0 Å². The molecular formula is C28H22N4O6S. The minimum absolute atomic E-state index is 0.0662. The van der Waals surface area contributed by atoms with E-state index in [0.29, 0.717) is 21.8 Å². The predicted molar refractivity (Wildman–Crippen MR) is 149 cm³/mol. The van der Waals surface area contributed by atoms with Crippen LogP contribution in [0.2, 0.25) is 0 Å². The van der Waals surface area contributed by atoms with Crippen LogP contribution in [0.25, 0.3) is 0 Å². The summed E-state index contributed by atoms with van der Waals surface area (Å²) in [5.41, 5.74) is 2.10. The van der Waals surface area contributed by atoms with E-state index in [1.807, 2.05) is 30.3 Å². The molecule has 2 N–H and O–H groups in total. The summed E-state index contributed by atoms with van der Waals surface area (Å²) < 4.78 is 0. The van der Waals surface area contributed by atoms with E-state index in [-0.39, 0.29) is 22.8 Å². The van der Waals surface area contributed by atoms with Gasteiger partial charge in [-0.25, -0.2) is 0 Å². The summed E-state index contributed by atoms with van der Waals surface area (Å²) in [6.45, 7) is 1.68. The van der Waals surface area contributed by atoms with Crippen LogP contribution >= 0.6 is 11.8 Å². The van der Waals surface area contributed by atoms with Gasteiger partial charge in [-0.2, -0.15) is 0 Å². The van der Waals surface area contributed by atoms with Crippen molar-refractivity contribution in [1.82, 2.24) is 0 Å². The van der Waals surface area contributed by atoms with Crippen LogP contribution in [0, 0.1) is 27.2 Å². The topological polar surface area (TPSA) is 144 Å². The monoisotopic (exact) mass is 542 g/mol. The Bertz CT molecular complexity index is 1560. The number of rotatable bonds is 9. The van der Waals surface area contributed by atoms with E-state index in [1.54, 1.807) is 31.2 Å². The van der Waals surface area contributed by atoms with Crippen molar-refractivity contribution in [1.29, 1.82) is 0 Å². The lowest BCUT2D eigenvalue weighted by molar-refractivity contribution is -0.385. The fraction of sp³-hybridized carbons (Fsp3) is 0.0714. The van der Waals surface area contributed by atoms with Crippen molar-refractivity contribution in [2.75, 3.05) is 10.6 Å². The van der Waals surface area contributed by atoms with Crippen molar-refractivity contribution in [3.05, 3.63) is 134 Å². The van der Waals surface area contributed by atoms with Gasteiger partial charge in [0.25, 0.3) is 17.3 Å². The highest BCUT2D eigenvalue weighted by molar-refractivity contribution is 8.00. The minimum atomic E-state index is -0.677. The molecule has 11 heteroatoms. The molecule has 2 amide bonds. The van der Waals surface area contributed by atoms with Crippen molar-refractivity contribution in [3.63, 3.8) is 0 Å². The smallest absolute Gasteiger partial charge is 0.270 e. The second kappa shape index (κ2) is 12.0. The van der Waals surface area contributed by atoms with Crippen molar-refractivity contribution in [2.24, 2.45) is 0 Å². The van der Waals surface area contributed by atoms with Gasteiger partial charge in [0.2, 0.25) is 5.91 Å². The quantitative estimate of drug-likeness (QED) is 0.139. The zero-order valence-electron chi connectivity index (χ0n) is 20.6. The number of nitrogens with one attached hydrogen (secondary N) is 2. The normalized spacial score (nSPS) is 11.3. The molecule has 0 saturated heterocycles. The first-order valence-electron chi connectivity index (χ1n) is 11.6. The van der Waals surface area contributed by atoms with Gasteiger partial charge in [0.1, 0.15) is 5.25 Å². The van der Waals surface area contributed by atoms with Crippen LogP contribution in [0.15, 0.2) is 102 Å². The van der Waals surface area contributed by atoms with Crippen LogP contribution < -0.4 is 10.6 Å². The average molecular weight is 543 g/mol. The molecule has 0 radical (unpaired) electrons. The van der Waals surface area contributed by atoms with Gasteiger partial charge < -0.3 is 10.6 Å². The highest BCUT2D eigenvalue weighted by Crippen LogP contribution is 2.37. The molecule has 0 heterocycles. The molecule has 1 atom stereocenters. The molecule has 0 aliphatic carbocycles. The predicted octanol–water partition coefficient (Wildman–Crippen LogP) is 6.54. The molecule has 0 aliphatic rings. The number of thioether (sulfide) groups is 1. The number of aryl methyl sites for hydroxylation is 1. The summed E-state index contributed by atoms with van der Waals surface area (Å²) in [5.74, 6) is -0.832. The molecule has 0 spiro atoms. The van der Waals surface area contributed by atoms with Crippen LogP contribution in [0.4, 0.5) is 22.7 Å². The van der Waals surface area contributed by atoms with Gasteiger partial charge in [0, 0.05) is 46.1 Å². The lowest BCUT2D eigenvalue weighted by Gasteiger charge is -2.18. The Labute approximate surface area is 227 Å². The Hall–Kier alpha value is -5.03. The van der Waals surface area contributed by atoms with Gasteiger partial charge in [-0.3, -0.25) is 29.8 Å². The molecule has 4 rings (SSSR count). The van der Waals surface area contributed by atoms with Gasteiger partial charge in [0.05, 0.1) is 9.85 Å². The van der Waals surface area contributed by atoms with Crippen LogP contribution in [-0.2, 0) is 4.79 Å². The third-order valence-electron chi connectivity index (χ3n) is 5.68. The van der Waals surface area contributed by atoms with Crippen molar-refractivity contribution in [2.45, 2.75) is 17.1 Å². The molecule has 1 unspecified atom stereocenters. The van der Waals surface area contributed by atoms with E-state index in [4.69, 9.17) is 0 Å². The van der Waals surface area contributed by atoms with E-state index in [0.717, 1.165) is 5.56 Å². The molecule has 0 fully saturated rings. The number of nitrogens with zero attached hydrogens (tertiary/aromatic N) is 2. The number of nitro groups is 2. The van der Waals surface area contributed by atoms with Crippen LogP contribution in [0.3, 0.4) is 0 Å². The largest absolute Gasteiger partial charge is 0.325 e. The Kier molecular flexibility index (Phi) is 8.32. The first-order valence-corrected chi connectivity index (χ1v) is 12.5. The third-order valence-corrected chi connectivity index (χ3v) is 6.93. The summed E-state index contributed by atoms with van der Waals surface area (Å²) in [6.07, 6.45) is 0. The summed E-state index contributed by atoms with van der Waals surface area (Å²) in [6, 6.07) is 25.7. The first kappa shape index (κ1) is 27.0. The number of anilines is 2. The average Bonchev–Trinajstić information content (AvgIpc) is 2.93. The number of nitro benzene ring substituents is 2. The van der Waals surface area contributed by atoms with Gasteiger partial charge >= 0.3 is 0 Å². The van der Waals surface area contributed by atoms with E-state index >= 15 is 0 Å². The molecule has 0 aliphatic heterocycles. The number of amides is 2. The van der Waals surface area contributed by atoms with Crippen LogP contribution in [0.5, 0.6) is 0 Å². The summed E-state index contributed by atoms with van der Waals surface area (Å²) in [4.78, 5) is 47.9. The van der Waals surface area contributed by atoms with Crippen LogP contribution in [-0.4, -0.2) is 21.7 Å². The lowest BCUT2D eigenvalue weighted by Crippen LogP contribution is -2.19. The van der Waals surface area contributed by atoms with Crippen LogP contribution in [0.1, 0.15) is 26.7 Å². The van der Waals surface area contributed by atoms with Crippen molar-refractivity contribution < 1.29 is 19.4 Å². The van der Waals surface area contributed by atoms with Crippen molar-refractivity contribution >= 4 is 46.3 Å². The van der Waals surface area contributed by atoms with E-state index in [1.165, 1.54) is 54.2 Å². The number of benzene rings is 4. The molecule has 4 aromatic rings. The molecule has 0 bridgehead atoms. The molecule has 196 valence electrons. The fourth-order valence-corrected chi connectivity index (χ4v) is 4.83. The second-order valence-corrected chi connectivity index (χ2v) is 9.62. The lowest BCUT2D eigenvalue weighted by atomic mass is 10.1. The first-order chi connectivity index (χ1) is 18.7.